The third-order valence-electron chi connectivity index (χ3n) is 5.63. The number of hydrogen-bond donors (Lipinski definition) is 0. The molecule has 3 rings (SSSR count). The van der Waals surface area contributed by atoms with Crippen LogP contribution in [0.15, 0.2) is 24.3 Å². The number of carbonyl (C=O) groups excluding carboxylic acids is 2. The molecule has 0 N–H and O–H groups in total. The van der Waals surface area contributed by atoms with Gasteiger partial charge in [-0.1, -0.05) is 0 Å². The fourth-order valence-corrected chi connectivity index (χ4v) is 3.70. The Balaban J connectivity index is 1.77. The molecule has 1 aliphatic heterocycles. The largest absolute Gasteiger partial charge is 0.460 e. The van der Waals surface area contributed by atoms with Crippen LogP contribution in [0.1, 0.15) is 56.6 Å². The lowest BCUT2D eigenvalue weighted by molar-refractivity contribution is -0.169. The van der Waals surface area contributed by atoms with Crippen molar-refractivity contribution in [3.8, 4) is 0 Å². The minimum absolute atomic E-state index is 0.256. The summed E-state index contributed by atoms with van der Waals surface area (Å²) in [4.78, 5) is 27.2. The Morgan fingerprint density at radius 3 is 2.20 bits per heavy atom. The number of rotatable bonds is 2. The van der Waals surface area contributed by atoms with Gasteiger partial charge in [0.05, 0.1) is 11.0 Å². The molecule has 8 heteroatoms. The Morgan fingerprint density at radius 2 is 1.67 bits per heavy atom. The molecular weight excluding hydrogens is 397 g/mol. The predicted octanol–water partition coefficient (Wildman–Crippen LogP) is 4.78. The summed E-state index contributed by atoms with van der Waals surface area (Å²) in [5.74, 6) is -0.528. The SMILES string of the molecule is Cn1c(C(=O)N2CCC(C)(C(=O)OC(C)(C)C)CC2)cc2cc(C(F)(F)F)ccc21. The molecule has 164 valence electrons. The average molecular weight is 424 g/mol. The molecule has 1 amide bonds. The minimum Gasteiger partial charge on any atom is -0.460 e. The summed E-state index contributed by atoms with van der Waals surface area (Å²) in [6.07, 6.45) is -3.50. The highest BCUT2D eigenvalue weighted by atomic mass is 19.4. The highest BCUT2D eigenvalue weighted by Gasteiger charge is 2.41. The van der Waals surface area contributed by atoms with Gasteiger partial charge < -0.3 is 14.2 Å². The third-order valence-corrected chi connectivity index (χ3v) is 5.63. The maximum Gasteiger partial charge on any atom is 0.416 e. The van der Waals surface area contributed by atoms with Crippen LogP contribution in [0.25, 0.3) is 10.9 Å². The highest BCUT2D eigenvalue weighted by Crippen LogP contribution is 2.35. The van der Waals surface area contributed by atoms with Crippen LogP contribution in [-0.4, -0.2) is 40.0 Å². The topological polar surface area (TPSA) is 51.5 Å². The van der Waals surface area contributed by atoms with Crippen molar-refractivity contribution in [1.82, 2.24) is 9.47 Å². The van der Waals surface area contributed by atoms with E-state index in [1.807, 2.05) is 27.7 Å². The van der Waals surface area contributed by atoms with Crippen LogP contribution in [0, 0.1) is 5.41 Å². The van der Waals surface area contributed by atoms with E-state index in [4.69, 9.17) is 4.74 Å². The molecule has 0 saturated carbocycles. The van der Waals surface area contributed by atoms with Gasteiger partial charge in [-0.2, -0.15) is 13.2 Å². The van der Waals surface area contributed by atoms with Gasteiger partial charge in [0.15, 0.2) is 0 Å². The Morgan fingerprint density at radius 1 is 1.07 bits per heavy atom. The van der Waals surface area contributed by atoms with Gasteiger partial charge >= 0.3 is 12.1 Å². The number of nitrogens with zero attached hydrogens (tertiary/aromatic N) is 2. The second kappa shape index (κ2) is 7.32. The van der Waals surface area contributed by atoms with Crippen LogP contribution < -0.4 is 0 Å². The second-order valence-electron chi connectivity index (χ2n) is 9.21. The summed E-state index contributed by atoms with van der Waals surface area (Å²) >= 11 is 0. The number of esters is 1. The van der Waals surface area contributed by atoms with E-state index < -0.39 is 22.8 Å². The van der Waals surface area contributed by atoms with Crippen molar-refractivity contribution in [2.75, 3.05) is 13.1 Å². The van der Waals surface area contributed by atoms with E-state index in [1.165, 1.54) is 12.1 Å². The number of likely N-dealkylation sites (tertiary alicyclic amines) is 1. The number of piperidine rings is 1. The average Bonchev–Trinajstić information content (AvgIpc) is 2.96. The van der Waals surface area contributed by atoms with Crippen molar-refractivity contribution < 1.29 is 27.5 Å². The zero-order valence-corrected chi connectivity index (χ0v) is 17.9. The number of fused-ring (bicyclic) bond motifs is 1. The summed E-state index contributed by atoms with van der Waals surface area (Å²) in [7, 11) is 1.66. The van der Waals surface area contributed by atoms with Gasteiger partial charge in [0.1, 0.15) is 11.3 Å². The molecular formula is C22H27F3N2O3. The van der Waals surface area contributed by atoms with Crippen molar-refractivity contribution in [3.63, 3.8) is 0 Å². The van der Waals surface area contributed by atoms with E-state index in [0.717, 1.165) is 12.1 Å². The molecule has 1 saturated heterocycles. The Bertz CT molecular complexity index is 978. The first-order chi connectivity index (χ1) is 13.7. The lowest BCUT2D eigenvalue weighted by atomic mass is 9.80. The lowest BCUT2D eigenvalue weighted by Crippen LogP contribution is -2.47. The summed E-state index contributed by atoms with van der Waals surface area (Å²) in [6.45, 7) is 8.05. The number of aromatic nitrogens is 1. The molecule has 1 aromatic heterocycles. The number of alkyl halides is 3. The number of ether oxygens (including phenoxy) is 1. The first kappa shape index (κ1) is 22.2. The number of aryl methyl sites for hydroxylation is 1. The Hall–Kier alpha value is -2.51. The van der Waals surface area contributed by atoms with Gasteiger partial charge in [0, 0.05) is 31.0 Å². The van der Waals surface area contributed by atoms with Crippen molar-refractivity contribution in [1.29, 1.82) is 0 Å². The maximum absolute atomic E-state index is 13.0. The van der Waals surface area contributed by atoms with Crippen LogP contribution >= 0.6 is 0 Å². The van der Waals surface area contributed by atoms with Crippen molar-refractivity contribution in [2.24, 2.45) is 12.5 Å². The smallest absolute Gasteiger partial charge is 0.416 e. The van der Waals surface area contributed by atoms with Crippen LogP contribution in [0.4, 0.5) is 13.2 Å². The van der Waals surface area contributed by atoms with Gasteiger partial charge in [0.25, 0.3) is 5.91 Å². The molecule has 2 heterocycles. The van der Waals surface area contributed by atoms with Crippen molar-refractivity contribution >= 4 is 22.8 Å². The molecule has 0 unspecified atom stereocenters. The highest BCUT2D eigenvalue weighted by molar-refractivity contribution is 5.99. The van der Waals surface area contributed by atoms with E-state index in [0.29, 0.717) is 42.5 Å². The molecule has 2 aromatic rings. The molecule has 1 aliphatic rings. The standard InChI is InChI=1S/C22H27F3N2O3/c1-20(2,3)30-19(29)21(4)8-10-27(11-9-21)18(28)17-13-14-12-15(22(23,24)25)6-7-16(14)26(17)5/h6-7,12-13H,8-11H2,1-5H3. The van der Waals surface area contributed by atoms with Gasteiger partial charge in [-0.3, -0.25) is 9.59 Å². The molecule has 0 spiro atoms. The summed E-state index contributed by atoms with van der Waals surface area (Å²) < 4.78 is 46.1. The van der Waals surface area contributed by atoms with E-state index in [-0.39, 0.29) is 11.9 Å². The predicted molar refractivity (Wildman–Crippen MR) is 107 cm³/mol. The third kappa shape index (κ3) is 4.32. The molecule has 0 aliphatic carbocycles. The second-order valence-corrected chi connectivity index (χ2v) is 9.21. The molecule has 30 heavy (non-hydrogen) atoms. The zero-order chi connectivity index (χ0) is 22.5. The van der Waals surface area contributed by atoms with Crippen LogP contribution in [0.2, 0.25) is 0 Å². The van der Waals surface area contributed by atoms with Crippen molar-refractivity contribution in [3.05, 3.63) is 35.5 Å². The Labute approximate surface area is 173 Å². The normalized spacial score (nSPS) is 17.3. The Kier molecular flexibility index (Phi) is 5.41. The van der Waals surface area contributed by atoms with Crippen LogP contribution in [-0.2, 0) is 22.8 Å². The van der Waals surface area contributed by atoms with E-state index in [9.17, 15) is 22.8 Å². The molecule has 0 radical (unpaired) electrons. The maximum atomic E-state index is 13.0. The summed E-state index contributed by atoms with van der Waals surface area (Å²) in [6, 6.07) is 4.95. The fraction of sp³-hybridized carbons (Fsp3) is 0.545. The number of carbonyl (C=O) groups is 2. The van der Waals surface area contributed by atoms with Gasteiger partial charge in [-0.25, -0.2) is 0 Å². The molecule has 1 aromatic carbocycles. The van der Waals surface area contributed by atoms with Crippen LogP contribution in [0.5, 0.6) is 0 Å². The van der Waals surface area contributed by atoms with Crippen molar-refractivity contribution in [2.45, 2.75) is 52.3 Å². The molecule has 5 nitrogen and oxygen atoms in total. The first-order valence-electron chi connectivity index (χ1n) is 9.91. The summed E-state index contributed by atoms with van der Waals surface area (Å²) in [5.41, 5.74) is -1.10. The number of benzene rings is 1. The van der Waals surface area contributed by atoms with Gasteiger partial charge in [0.2, 0.25) is 0 Å². The van der Waals surface area contributed by atoms with Gasteiger partial charge in [-0.05, 0) is 64.8 Å². The van der Waals surface area contributed by atoms with E-state index >= 15 is 0 Å². The minimum atomic E-state index is -4.44. The van der Waals surface area contributed by atoms with E-state index in [1.54, 1.807) is 16.5 Å². The summed E-state index contributed by atoms with van der Waals surface area (Å²) in [5, 5.41) is 0.367. The number of halogens is 3. The molecule has 1 fully saturated rings. The van der Waals surface area contributed by atoms with Gasteiger partial charge in [-0.15, -0.1) is 0 Å². The number of hydrogen-bond acceptors (Lipinski definition) is 3. The fourth-order valence-electron chi connectivity index (χ4n) is 3.70. The quantitative estimate of drug-likeness (QED) is 0.652. The monoisotopic (exact) mass is 424 g/mol. The molecule has 0 atom stereocenters. The first-order valence-corrected chi connectivity index (χ1v) is 9.91. The lowest BCUT2D eigenvalue weighted by Gasteiger charge is -2.39. The molecule has 0 bridgehead atoms. The number of amides is 1. The van der Waals surface area contributed by atoms with Crippen LogP contribution in [0.3, 0.4) is 0 Å². The van der Waals surface area contributed by atoms with E-state index in [2.05, 4.69) is 0 Å². The zero-order valence-electron chi connectivity index (χ0n) is 17.9.